The number of para-hydroxylation sites is 1. The molecule has 0 saturated carbocycles. The summed E-state index contributed by atoms with van der Waals surface area (Å²) in [5.74, 6) is -10.6. The largest absolute Gasteiger partial charge is 0.394 e. The zero-order valence-corrected chi connectivity index (χ0v) is 51.3. The highest BCUT2D eigenvalue weighted by Crippen LogP contribution is 2.30. The second-order valence-corrected chi connectivity index (χ2v) is 23.2. The van der Waals surface area contributed by atoms with Gasteiger partial charge in [0, 0.05) is 68.3 Å². The molecule has 3 aliphatic rings. The van der Waals surface area contributed by atoms with Gasteiger partial charge in [0.15, 0.2) is 0 Å². The first-order chi connectivity index (χ1) is 42.4. The number of carbonyl (C=O) groups is 14. The van der Waals surface area contributed by atoms with Crippen molar-refractivity contribution in [3.05, 3.63) is 59.7 Å². The number of carbonyl (C=O) groups excluding carboxylic acids is 14. The van der Waals surface area contributed by atoms with E-state index in [0.29, 0.717) is 22.7 Å². The van der Waals surface area contributed by atoms with E-state index in [-0.39, 0.29) is 57.5 Å². The summed E-state index contributed by atoms with van der Waals surface area (Å²) >= 11 is 5.21. The summed E-state index contributed by atoms with van der Waals surface area (Å²) < 4.78 is 0. The number of likely N-dealkylation sites (N-methyl/N-ethyl adjacent to an activating group) is 1. The van der Waals surface area contributed by atoms with Crippen LogP contribution in [0.25, 0.3) is 10.9 Å². The minimum absolute atomic E-state index is 0.0465. The van der Waals surface area contributed by atoms with E-state index in [0.717, 1.165) is 42.9 Å². The van der Waals surface area contributed by atoms with Crippen molar-refractivity contribution in [2.45, 2.75) is 131 Å². The number of aromatic nitrogens is 1. The Kier molecular flexibility index (Phi) is 25.8. The van der Waals surface area contributed by atoms with Crippen molar-refractivity contribution in [2.24, 2.45) is 0 Å². The second-order valence-electron chi connectivity index (χ2n) is 21.6. The van der Waals surface area contributed by atoms with Gasteiger partial charge in [0.05, 0.1) is 55.6 Å². The lowest BCUT2D eigenvalue weighted by Gasteiger charge is -2.34. The molecule has 3 fully saturated rings. The highest BCUT2D eigenvalue weighted by atomic mass is 32.2. The number of fused-ring (bicyclic) bond motifs is 2. The Hall–Kier alpha value is -8.62. The predicted octanol–water partition coefficient (Wildman–Crippen LogP) is -3.54. The molecule has 4 heterocycles. The predicted molar refractivity (Wildman–Crippen MR) is 323 cm³/mol. The summed E-state index contributed by atoms with van der Waals surface area (Å²) in [6.45, 7) is 1.31. The molecule has 8 atom stereocenters. The lowest BCUT2D eigenvalue weighted by Crippen LogP contribution is -2.60. The molecular formula is C57H76N14O16S2. The quantitative estimate of drug-likeness (QED) is 0.0296. The molecule has 6 rings (SSSR count). The maximum Gasteiger partial charge on any atom is 0.246 e. The Labute approximate surface area is 521 Å². The van der Waals surface area contributed by atoms with E-state index < -0.39 is 176 Å². The van der Waals surface area contributed by atoms with Gasteiger partial charge in [-0.25, -0.2) is 0 Å². The Morgan fingerprint density at radius 1 is 0.775 bits per heavy atom. The van der Waals surface area contributed by atoms with Crippen molar-refractivity contribution in [2.75, 3.05) is 64.0 Å². The number of imide groups is 1. The van der Waals surface area contributed by atoms with Crippen LogP contribution in [0, 0.1) is 6.92 Å². The Bertz CT molecular complexity index is 3170. The normalized spacial score (nSPS) is 21.9. The van der Waals surface area contributed by atoms with E-state index in [4.69, 9.17) is 0 Å². The van der Waals surface area contributed by atoms with Crippen LogP contribution < -0.4 is 53.2 Å². The van der Waals surface area contributed by atoms with Gasteiger partial charge in [-0.05, 0) is 62.4 Å². The number of thiol groups is 1. The molecule has 32 heteroatoms. The number of hydrogen-bond donors (Lipinski definition) is 14. The third-order valence-electron chi connectivity index (χ3n) is 14.8. The number of H-pyrrole nitrogens is 1. The van der Waals surface area contributed by atoms with Gasteiger partial charge < -0.3 is 78.2 Å². The first-order valence-electron chi connectivity index (χ1n) is 28.9. The van der Waals surface area contributed by atoms with Crippen molar-refractivity contribution in [1.82, 2.24) is 67.5 Å². The molecule has 14 amide bonds. The fourth-order valence-corrected chi connectivity index (χ4v) is 11.3. The van der Waals surface area contributed by atoms with E-state index >= 15 is 0 Å². The molecule has 3 aliphatic heterocycles. The van der Waals surface area contributed by atoms with Gasteiger partial charge in [-0.15, -0.1) is 11.8 Å². The summed E-state index contributed by atoms with van der Waals surface area (Å²) in [7, 11) is 1.23. The number of nitrogens with one attached hydrogen (secondary N) is 11. The standard InChI is InChI=1S/C57H76N14O16S2/c1-5-9-37-51(82)61-27-48(79)66-39(29-89-54-30(2)35-10-6-7-11-36(35)68-54)52(83)67-38(55(85)70-18-8-12-40(70)56(86)69(4)41(20-34(73)28-72)53(84)62-24-45(76)60-26-47(78)65-37)21-44(75)58-23-32-13-15-33(16-14-32)64-50(81)31(3)63-46(77)25-59-43(74)17-19-71-49(80)22-42(88)57(71)87/h6-7,10-11,13-16,31,34,37-42,68,72-73,88H,5,8-9,12,17-29H2,1-4H3,(H,58,75)(H,59,74)(H,60,76)(H,61,82)(H,62,84)(H,63,77)(H,64,81)(H,65,78)(H,66,79)(H,67,83)/t31-,34+,37?,38-,39-,40-,41?,42?/m0/s1. The fraction of sp³-hybridized carbons (Fsp3) is 0.509. The zero-order valence-electron chi connectivity index (χ0n) is 49.6. The second kappa shape index (κ2) is 33.1. The number of aliphatic hydroxyl groups is 2. The third-order valence-corrected chi connectivity index (χ3v) is 16.4. The van der Waals surface area contributed by atoms with E-state index in [1.807, 2.05) is 31.2 Å². The van der Waals surface area contributed by atoms with Crippen LogP contribution >= 0.6 is 24.4 Å². The Balaban J connectivity index is 1.19. The van der Waals surface area contributed by atoms with Gasteiger partial charge in [0.25, 0.3) is 0 Å². The van der Waals surface area contributed by atoms with Gasteiger partial charge in [0.1, 0.15) is 36.3 Å². The minimum atomic E-state index is -1.71. The van der Waals surface area contributed by atoms with Crippen LogP contribution in [0.4, 0.5) is 5.69 Å². The van der Waals surface area contributed by atoms with Crippen LogP contribution in [0.3, 0.4) is 0 Å². The molecular weight excluding hydrogens is 1200 g/mol. The van der Waals surface area contributed by atoms with Crippen LogP contribution in [0.15, 0.2) is 53.6 Å². The van der Waals surface area contributed by atoms with Crippen molar-refractivity contribution >= 4 is 124 Å². The summed E-state index contributed by atoms with van der Waals surface area (Å²) in [5.41, 5.74) is 2.42. The van der Waals surface area contributed by atoms with Gasteiger partial charge in [0.2, 0.25) is 82.7 Å². The maximum atomic E-state index is 15.0. The number of thioether (sulfide) groups is 1. The lowest BCUT2D eigenvalue weighted by atomic mass is 10.0. The Morgan fingerprint density at radius 2 is 1.45 bits per heavy atom. The molecule has 3 unspecified atom stereocenters. The van der Waals surface area contributed by atoms with Crippen LogP contribution in [0.1, 0.15) is 76.3 Å². The molecule has 0 aliphatic carbocycles. The smallest absolute Gasteiger partial charge is 0.246 e. The molecule has 1 aromatic heterocycles. The number of amides is 14. The lowest BCUT2D eigenvalue weighted by molar-refractivity contribution is -0.149. The number of aryl methyl sites for hydroxylation is 1. The molecule has 89 heavy (non-hydrogen) atoms. The Morgan fingerprint density at radius 3 is 2.12 bits per heavy atom. The van der Waals surface area contributed by atoms with Crippen LogP contribution in [0.5, 0.6) is 0 Å². The number of aromatic amines is 1. The van der Waals surface area contributed by atoms with E-state index in [1.54, 1.807) is 19.1 Å². The van der Waals surface area contributed by atoms with Crippen molar-refractivity contribution in [3.63, 3.8) is 0 Å². The maximum absolute atomic E-state index is 15.0. The zero-order chi connectivity index (χ0) is 65.1. The van der Waals surface area contributed by atoms with Gasteiger partial charge >= 0.3 is 0 Å². The van der Waals surface area contributed by atoms with Gasteiger partial charge in [-0.1, -0.05) is 43.7 Å². The van der Waals surface area contributed by atoms with E-state index in [1.165, 1.54) is 26.1 Å². The van der Waals surface area contributed by atoms with E-state index in [2.05, 4.69) is 70.8 Å². The third kappa shape index (κ3) is 19.9. The highest BCUT2D eigenvalue weighted by Gasteiger charge is 2.43. The van der Waals surface area contributed by atoms with Crippen molar-refractivity contribution < 1.29 is 77.3 Å². The van der Waals surface area contributed by atoms with Crippen LogP contribution in [-0.4, -0.2) is 219 Å². The topological polar surface area (TPSA) is 425 Å². The summed E-state index contributed by atoms with van der Waals surface area (Å²) in [6, 6.07) is 5.34. The highest BCUT2D eigenvalue weighted by molar-refractivity contribution is 7.99. The first-order valence-corrected chi connectivity index (χ1v) is 30.4. The number of benzene rings is 2. The molecule has 2 aromatic carbocycles. The van der Waals surface area contributed by atoms with Crippen LogP contribution in [0.2, 0.25) is 0 Å². The average molecular weight is 1280 g/mol. The number of nitrogens with zero attached hydrogens (tertiary/aromatic N) is 3. The molecule has 0 radical (unpaired) electrons. The molecule has 3 aromatic rings. The van der Waals surface area contributed by atoms with Crippen LogP contribution in [-0.2, 0) is 73.7 Å². The number of hydrogen-bond acceptors (Lipinski definition) is 18. The molecule has 30 nitrogen and oxygen atoms in total. The first kappa shape index (κ1) is 69.5. The molecule has 0 spiro atoms. The summed E-state index contributed by atoms with van der Waals surface area (Å²) in [6.07, 6.45) is -2.28. The fourth-order valence-electron chi connectivity index (χ4n) is 9.89. The minimum Gasteiger partial charge on any atom is -0.394 e. The van der Waals surface area contributed by atoms with E-state index in [9.17, 15) is 77.3 Å². The average Bonchev–Trinajstić information content (AvgIpc) is 3.60. The number of aliphatic hydroxyl groups excluding tert-OH is 2. The molecule has 0 bridgehead atoms. The molecule has 3 saturated heterocycles. The summed E-state index contributed by atoms with van der Waals surface area (Å²) in [4.78, 5) is 193. The molecule has 13 N–H and O–H groups in total. The SMILES string of the molecule is CCCC1NC(=O)CNC(=O)CNC(=O)C(C[C@@H](O)CO)N(C)C(=O)[C@@H]2CCCN2C(=O)[C@H](CC(=O)NCc2ccc(NC(=O)[C@H](C)NC(=O)CNC(=O)CCN3C(=O)CC(S)C3=O)cc2)NC(=O)[C@H](CSc2[nH]c3ccccc3c2C)NC(=O)CNC1=O. The van der Waals surface area contributed by atoms with Crippen molar-refractivity contribution in [1.29, 1.82) is 0 Å². The monoisotopic (exact) mass is 1280 g/mol. The van der Waals surface area contributed by atoms with Gasteiger partial charge in [-0.2, -0.15) is 12.6 Å². The number of rotatable bonds is 20. The summed E-state index contributed by atoms with van der Waals surface area (Å²) in [5, 5.41) is 46.1. The molecule has 482 valence electrons. The number of anilines is 1. The van der Waals surface area contributed by atoms with Crippen molar-refractivity contribution in [3.8, 4) is 0 Å². The number of likely N-dealkylation sites (tertiary alicyclic amines) is 1. The van der Waals surface area contributed by atoms with Gasteiger partial charge in [-0.3, -0.25) is 72.0 Å².